The van der Waals surface area contributed by atoms with E-state index in [1.54, 1.807) is 56.4 Å². The third kappa shape index (κ3) is 4.73. The number of aliphatic hydroxyl groups excluding tert-OH is 2. The first-order valence-electron chi connectivity index (χ1n) is 10.9. The molecule has 182 valence electrons. The second kappa shape index (κ2) is 9.81. The van der Waals surface area contributed by atoms with Gasteiger partial charge in [-0.15, -0.1) is 0 Å². The molecular weight excluding hydrogens is 456 g/mol. The highest BCUT2D eigenvalue weighted by Crippen LogP contribution is 2.26. The topological polar surface area (TPSA) is 96.1 Å². The fraction of sp³-hybridized carbons (Fsp3) is 0.231. The van der Waals surface area contributed by atoms with Crippen LogP contribution < -0.4 is 10.1 Å². The Hall–Kier alpha value is -3.82. The van der Waals surface area contributed by atoms with Crippen LogP contribution in [0.1, 0.15) is 39.8 Å². The van der Waals surface area contributed by atoms with Crippen LogP contribution in [0.3, 0.4) is 0 Å². The van der Waals surface area contributed by atoms with Gasteiger partial charge in [0, 0.05) is 6.20 Å². The Morgan fingerprint density at radius 3 is 2.40 bits per heavy atom. The van der Waals surface area contributed by atoms with E-state index in [2.05, 4.69) is 10.3 Å². The number of pyridine rings is 1. The average Bonchev–Trinajstić information content (AvgIpc) is 3.20. The molecule has 0 aliphatic heterocycles. The van der Waals surface area contributed by atoms with Crippen molar-refractivity contribution < 1.29 is 28.5 Å². The van der Waals surface area contributed by atoms with E-state index < -0.39 is 23.1 Å². The van der Waals surface area contributed by atoms with Crippen molar-refractivity contribution in [3.8, 4) is 5.75 Å². The summed E-state index contributed by atoms with van der Waals surface area (Å²) in [6.45, 7) is 2.52. The van der Waals surface area contributed by atoms with Crippen molar-refractivity contribution in [3.63, 3.8) is 0 Å². The monoisotopic (exact) mass is 481 g/mol. The molecule has 0 fully saturated rings. The molecule has 1 atom stereocenters. The smallest absolute Gasteiger partial charge is 0.270 e. The number of halogens is 2. The second-order valence-electron chi connectivity index (χ2n) is 8.40. The number of ether oxygens (including phenoxy) is 1. The minimum absolute atomic E-state index is 0.114. The number of benzene rings is 2. The van der Waals surface area contributed by atoms with Gasteiger partial charge >= 0.3 is 0 Å². The van der Waals surface area contributed by atoms with E-state index in [1.807, 2.05) is 0 Å². The van der Waals surface area contributed by atoms with Gasteiger partial charge in [-0.05, 0) is 49.2 Å². The maximum Gasteiger partial charge on any atom is 0.270 e. The minimum Gasteiger partial charge on any atom is -0.485 e. The van der Waals surface area contributed by atoms with Crippen LogP contribution in [0.25, 0.3) is 5.65 Å². The van der Waals surface area contributed by atoms with Gasteiger partial charge in [-0.2, -0.15) is 0 Å². The predicted octanol–water partition coefficient (Wildman–Crippen LogP) is 3.63. The number of amides is 1. The zero-order chi connectivity index (χ0) is 25.2. The van der Waals surface area contributed by atoms with E-state index >= 15 is 0 Å². The number of hydrogen-bond acceptors (Lipinski definition) is 5. The summed E-state index contributed by atoms with van der Waals surface area (Å²) in [5.41, 5.74) is 1.01. The summed E-state index contributed by atoms with van der Waals surface area (Å²) in [4.78, 5) is 17.8. The molecule has 0 unspecified atom stereocenters. The van der Waals surface area contributed by atoms with E-state index in [9.17, 15) is 23.8 Å². The number of rotatable bonds is 8. The number of fused-ring (bicyclic) bond motifs is 1. The lowest BCUT2D eigenvalue weighted by Gasteiger charge is -2.29. The second-order valence-corrected chi connectivity index (χ2v) is 8.40. The van der Waals surface area contributed by atoms with Crippen LogP contribution in [0, 0.1) is 18.6 Å². The molecule has 0 bridgehead atoms. The normalized spacial score (nSPS) is 13.0. The molecule has 3 N–H and O–H groups in total. The highest BCUT2D eigenvalue weighted by atomic mass is 19.1. The zero-order valence-corrected chi connectivity index (χ0v) is 19.3. The molecule has 0 saturated carbocycles. The van der Waals surface area contributed by atoms with Crippen molar-refractivity contribution >= 4 is 11.6 Å². The fourth-order valence-electron chi connectivity index (χ4n) is 3.85. The molecule has 7 nitrogen and oxygen atoms in total. The van der Waals surface area contributed by atoms with Crippen LogP contribution in [0.4, 0.5) is 8.78 Å². The van der Waals surface area contributed by atoms with Crippen molar-refractivity contribution in [2.45, 2.75) is 32.6 Å². The number of aliphatic hydroxyl groups is 2. The molecule has 2 aromatic carbocycles. The van der Waals surface area contributed by atoms with Crippen molar-refractivity contribution in [2.24, 2.45) is 0 Å². The van der Waals surface area contributed by atoms with Gasteiger partial charge in [0.1, 0.15) is 23.9 Å². The third-order valence-corrected chi connectivity index (χ3v) is 5.92. The molecule has 2 aromatic heterocycles. The zero-order valence-electron chi connectivity index (χ0n) is 19.3. The molecule has 0 spiro atoms. The molecule has 9 heteroatoms. The Morgan fingerprint density at radius 2 is 1.77 bits per heavy atom. The van der Waals surface area contributed by atoms with Gasteiger partial charge < -0.3 is 20.3 Å². The van der Waals surface area contributed by atoms with Crippen LogP contribution in [0.15, 0.2) is 60.8 Å². The molecule has 0 aliphatic rings. The summed E-state index contributed by atoms with van der Waals surface area (Å²) in [7, 11) is 0. The highest BCUT2D eigenvalue weighted by molar-refractivity contribution is 5.95. The standard InChI is InChI=1S/C26H25F2N3O4/c1-16-23(25(34)30-26(2,15-33)18-10-8-17(13-32)9-11-18)31-12-4-7-22(24(31)29-16)35-14-19-20(27)5-3-6-21(19)28/h3-12,32-33H,13-15H2,1-2H3,(H,30,34)/t26-/m1/s1. The summed E-state index contributed by atoms with van der Waals surface area (Å²) in [6.07, 6.45) is 1.63. The number of nitrogens with zero attached hydrogens (tertiary/aromatic N) is 2. The molecule has 4 rings (SSSR count). The number of aromatic nitrogens is 2. The number of hydrogen-bond donors (Lipinski definition) is 3. The molecule has 0 saturated heterocycles. The maximum atomic E-state index is 14.0. The Balaban J connectivity index is 1.63. The summed E-state index contributed by atoms with van der Waals surface area (Å²) in [6, 6.07) is 13.7. The van der Waals surface area contributed by atoms with Crippen molar-refractivity contribution in [2.75, 3.05) is 6.61 Å². The summed E-state index contributed by atoms with van der Waals surface area (Å²) < 4.78 is 35.2. The number of nitrogens with one attached hydrogen (secondary N) is 1. The molecule has 2 heterocycles. The van der Waals surface area contributed by atoms with Gasteiger partial charge in [0.2, 0.25) is 0 Å². The van der Waals surface area contributed by atoms with E-state index in [1.165, 1.54) is 10.5 Å². The van der Waals surface area contributed by atoms with Gasteiger partial charge in [0.15, 0.2) is 11.4 Å². The van der Waals surface area contributed by atoms with Crippen molar-refractivity contribution in [3.05, 3.63) is 101 Å². The molecular formula is C26H25F2N3O4. The molecule has 4 aromatic rings. The first kappa shape index (κ1) is 24.3. The Kier molecular flexibility index (Phi) is 6.81. The fourth-order valence-corrected chi connectivity index (χ4v) is 3.85. The molecule has 0 aliphatic carbocycles. The molecule has 35 heavy (non-hydrogen) atoms. The van der Waals surface area contributed by atoms with Crippen LogP contribution >= 0.6 is 0 Å². The number of carbonyl (C=O) groups is 1. The van der Waals surface area contributed by atoms with Gasteiger partial charge in [-0.25, -0.2) is 13.8 Å². The summed E-state index contributed by atoms with van der Waals surface area (Å²) in [5.74, 6) is -1.66. The predicted molar refractivity (Wildman–Crippen MR) is 125 cm³/mol. The van der Waals surface area contributed by atoms with Gasteiger partial charge in [-0.1, -0.05) is 30.3 Å². The van der Waals surface area contributed by atoms with E-state index in [0.29, 0.717) is 22.5 Å². The van der Waals surface area contributed by atoms with E-state index in [0.717, 1.165) is 12.1 Å². The maximum absolute atomic E-state index is 14.0. The third-order valence-electron chi connectivity index (χ3n) is 5.92. The van der Waals surface area contributed by atoms with Crippen molar-refractivity contribution in [1.29, 1.82) is 0 Å². The summed E-state index contributed by atoms with van der Waals surface area (Å²) >= 11 is 0. The van der Waals surface area contributed by atoms with Crippen LogP contribution in [0.5, 0.6) is 5.75 Å². The molecule has 1 amide bonds. The average molecular weight is 481 g/mol. The Morgan fingerprint density at radius 1 is 1.09 bits per heavy atom. The van der Waals surface area contributed by atoms with Crippen molar-refractivity contribution in [1.82, 2.24) is 14.7 Å². The van der Waals surface area contributed by atoms with E-state index in [-0.39, 0.29) is 36.8 Å². The van der Waals surface area contributed by atoms with Gasteiger partial charge in [-0.3, -0.25) is 9.20 Å². The lowest BCUT2D eigenvalue weighted by atomic mass is 9.92. The van der Waals surface area contributed by atoms with Crippen LogP contribution in [-0.4, -0.2) is 32.1 Å². The minimum atomic E-state index is -1.10. The quantitative estimate of drug-likeness (QED) is 0.357. The highest BCUT2D eigenvalue weighted by Gasteiger charge is 2.30. The first-order chi connectivity index (χ1) is 16.8. The van der Waals surface area contributed by atoms with Gasteiger partial charge in [0.25, 0.3) is 5.91 Å². The Labute approximate surface area is 200 Å². The lowest BCUT2D eigenvalue weighted by Crippen LogP contribution is -2.46. The van der Waals surface area contributed by atoms with E-state index in [4.69, 9.17) is 4.74 Å². The number of imidazole rings is 1. The number of aryl methyl sites for hydroxylation is 1. The Bertz CT molecular complexity index is 1350. The summed E-state index contributed by atoms with van der Waals surface area (Å²) in [5, 5.41) is 22.2. The lowest BCUT2D eigenvalue weighted by molar-refractivity contribution is 0.0842. The largest absolute Gasteiger partial charge is 0.485 e. The van der Waals surface area contributed by atoms with Crippen LogP contribution in [0.2, 0.25) is 0 Å². The van der Waals surface area contributed by atoms with Gasteiger partial charge in [0.05, 0.1) is 30.0 Å². The first-order valence-corrected chi connectivity index (χ1v) is 10.9. The molecule has 0 radical (unpaired) electrons. The SMILES string of the molecule is Cc1nc2c(OCc3c(F)cccc3F)cccn2c1C(=O)N[C@](C)(CO)c1ccc(CO)cc1. The number of carbonyl (C=O) groups excluding carboxylic acids is 1. The van der Waals surface area contributed by atoms with Crippen LogP contribution in [-0.2, 0) is 18.8 Å².